The molecule has 1 atom stereocenters. The van der Waals surface area contributed by atoms with Crippen LogP contribution in [0.15, 0.2) is 47.1 Å². The third-order valence-electron chi connectivity index (χ3n) is 6.82. The number of rotatable bonds is 6. The molecule has 0 aliphatic carbocycles. The maximum absolute atomic E-state index is 13.1. The zero-order chi connectivity index (χ0) is 31.5. The highest BCUT2D eigenvalue weighted by Crippen LogP contribution is 2.45. The summed E-state index contributed by atoms with van der Waals surface area (Å²) in [6, 6.07) is 8.67. The standard InChI is InChI=1S/C27H30F2N8O4.C2H6/c1-26(2,3)41-25(39)36-9-8-27(14-36)18-10-15(5-7-20(18)33-24(27)38)19(30)13-37(31)12-17-6-4-16(11-32-17)22-34-35-23(40-22)21(28)29;1-2/h4-7,10-11,13,21H,8-9,12,14,30-31H2,1-3H3,(H,33,38);1-2H3/b19-13-;. The minimum absolute atomic E-state index is 0.0630. The number of alkyl halides is 2. The molecule has 2 amide bonds. The first kappa shape index (κ1) is 31.3. The Hall–Kier alpha value is -4.59. The smallest absolute Gasteiger partial charge is 0.410 e. The average Bonchev–Trinajstić information content (AvgIpc) is 3.68. The molecule has 4 heterocycles. The van der Waals surface area contributed by atoms with E-state index in [1.54, 1.807) is 56.1 Å². The van der Waals surface area contributed by atoms with Gasteiger partial charge in [-0.1, -0.05) is 19.9 Å². The summed E-state index contributed by atoms with van der Waals surface area (Å²) < 4.78 is 35.8. The molecule has 2 aliphatic rings. The van der Waals surface area contributed by atoms with Crippen molar-refractivity contribution in [3.8, 4) is 11.5 Å². The molecule has 1 unspecified atom stereocenters. The Balaban J connectivity index is 0.00000207. The van der Waals surface area contributed by atoms with Crippen LogP contribution < -0.4 is 16.9 Å². The van der Waals surface area contributed by atoms with Crippen LogP contribution in [0.3, 0.4) is 0 Å². The van der Waals surface area contributed by atoms with E-state index in [1.165, 1.54) is 11.2 Å². The summed E-state index contributed by atoms with van der Waals surface area (Å²) in [4.78, 5) is 31.6. The average molecular weight is 599 g/mol. The number of hydrazine groups is 1. The van der Waals surface area contributed by atoms with E-state index in [-0.39, 0.29) is 24.9 Å². The summed E-state index contributed by atoms with van der Waals surface area (Å²) in [5.41, 5.74) is 8.24. The van der Waals surface area contributed by atoms with Crippen LogP contribution in [0.4, 0.5) is 19.3 Å². The van der Waals surface area contributed by atoms with E-state index >= 15 is 0 Å². The zero-order valence-electron chi connectivity index (χ0n) is 24.7. The number of likely N-dealkylation sites (tertiary alicyclic amines) is 1. The van der Waals surface area contributed by atoms with Gasteiger partial charge < -0.3 is 30.1 Å². The summed E-state index contributed by atoms with van der Waals surface area (Å²) in [6.07, 6.45) is 0.107. The molecule has 14 heteroatoms. The number of ether oxygens (including phenoxy) is 1. The largest absolute Gasteiger partial charge is 0.444 e. The Morgan fingerprint density at radius 2 is 2.00 bits per heavy atom. The molecule has 5 rings (SSSR count). The minimum atomic E-state index is -2.86. The number of benzene rings is 1. The van der Waals surface area contributed by atoms with Gasteiger partial charge >= 0.3 is 12.5 Å². The monoisotopic (exact) mass is 598 g/mol. The van der Waals surface area contributed by atoms with Crippen molar-refractivity contribution in [2.24, 2.45) is 11.6 Å². The number of hydrogen-bond donors (Lipinski definition) is 3. The topological polar surface area (TPSA) is 166 Å². The number of carbonyl (C=O) groups is 2. The lowest BCUT2D eigenvalue weighted by Crippen LogP contribution is -2.41. The molecule has 0 bridgehead atoms. The Morgan fingerprint density at radius 3 is 2.63 bits per heavy atom. The highest BCUT2D eigenvalue weighted by atomic mass is 19.3. The molecule has 0 saturated carbocycles. The van der Waals surface area contributed by atoms with Gasteiger partial charge in [0.05, 0.1) is 28.9 Å². The second kappa shape index (κ2) is 12.3. The molecule has 12 nitrogen and oxygen atoms in total. The lowest BCUT2D eigenvalue weighted by molar-refractivity contribution is -0.120. The lowest BCUT2D eigenvalue weighted by Gasteiger charge is -2.26. The molecule has 0 radical (unpaired) electrons. The fraction of sp³-hybridized carbons (Fsp3) is 0.414. The number of nitrogens with zero attached hydrogens (tertiary/aromatic N) is 5. The highest BCUT2D eigenvalue weighted by Gasteiger charge is 2.52. The molecule has 230 valence electrons. The predicted molar refractivity (Wildman–Crippen MR) is 155 cm³/mol. The maximum atomic E-state index is 13.1. The van der Waals surface area contributed by atoms with Gasteiger partial charge in [0.2, 0.25) is 11.8 Å². The van der Waals surface area contributed by atoms with Crippen LogP contribution in [0, 0.1) is 0 Å². The highest BCUT2D eigenvalue weighted by molar-refractivity contribution is 6.07. The molecule has 1 saturated heterocycles. The van der Waals surface area contributed by atoms with Crippen LogP contribution >= 0.6 is 0 Å². The summed E-state index contributed by atoms with van der Waals surface area (Å²) in [7, 11) is 0. The van der Waals surface area contributed by atoms with Crippen molar-refractivity contribution in [2.75, 3.05) is 18.4 Å². The number of pyridine rings is 1. The Kier molecular flexibility index (Phi) is 8.99. The number of carbonyl (C=O) groups excluding carboxylic acids is 2. The van der Waals surface area contributed by atoms with Gasteiger partial charge in [-0.2, -0.15) is 8.78 Å². The molecule has 1 aromatic carbocycles. The summed E-state index contributed by atoms with van der Waals surface area (Å²) >= 11 is 0. The second-order valence-electron chi connectivity index (χ2n) is 11.0. The van der Waals surface area contributed by atoms with Crippen molar-refractivity contribution in [3.05, 3.63) is 65.4 Å². The van der Waals surface area contributed by atoms with Crippen molar-refractivity contribution >= 4 is 23.4 Å². The van der Waals surface area contributed by atoms with Gasteiger partial charge in [-0.3, -0.25) is 9.78 Å². The molecule has 2 aromatic heterocycles. The van der Waals surface area contributed by atoms with Gasteiger partial charge in [-0.05, 0) is 62.6 Å². The van der Waals surface area contributed by atoms with Crippen LogP contribution in [0.25, 0.3) is 17.2 Å². The van der Waals surface area contributed by atoms with Crippen LogP contribution in [0.2, 0.25) is 0 Å². The van der Waals surface area contributed by atoms with E-state index in [9.17, 15) is 18.4 Å². The van der Waals surface area contributed by atoms with E-state index in [4.69, 9.17) is 20.7 Å². The third kappa shape index (κ3) is 6.74. The summed E-state index contributed by atoms with van der Waals surface area (Å²) in [5.74, 6) is 5.18. The van der Waals surface area contributed by atoms with Gasteiger partial charge in [0.15, 0.2) is 0 Å². The van der Waals surface area contributed by atoms with Crippen molar-refractivity contribution in [2.45, 2.75) is 65.0 Å². The molecule has 3 aromatic rings. The third-order valence-corrected chi connectivity index (χ3v) is 6.82. The van der Waals surface area contributed by atoms with Crippen LogP contribution in [0.1, 0.15) is 70.2 Å². The SMILES string of the molecule is CC.CC(C)(C)OC(=O)N1CCC2(C1)C(=O)Nc1ccc(/C(N)=C/N(N)Cc3ccc(-c4nnc(C(F)F)o4)cn3)cc12. The van der Waals surface area contributed by atoms with Crippen molar-refractivity contribution in [3.63, 3.8) is 0 Å². The van der Waals surface area contributed by atoms with Gasteiger partial charge in [0, 0.05) is 31.2 Å². The van der Waals surface area contributed by atoms with Crippen molar-refractivity contribution in [1.82, 2.24) is 25.1 Å². The molecule has 43 heavy (non-hydrogen) atoms. The Labute approximate surface area is 248 Å². The normalized spacial score (nSPS) is 17.9. The first-order valence-corrected chi connectivity index (χ1v) is 13.8. The number of aromatic nitrogens is 3. The molecular formula is C29H36F2N8O4. The fourth-order valence-electron chi connectivity index (χ4n) is 4.86. The Morgan fingerprint density at radius 1 is 1.26 bits per heavy atom. The van der Waals surface area contributed by atoms with Gasteiger partial charge in [-0.15, -0.1) is 10.2 Å². The van der Waals surface area contributed by atoms with Gasteiger partial charge in [0.25, 0.3) is 5.89 Å². The maximum Gasteiger partial charge on any atom is 0.410 e. The molecule has 5 N–H and O–H groups in total. The zero-order valence-corrected chi connectivity index (χ0v) is 24.7. The number of anilines is 1. The molecule has 2 aliphatic heterocycles. The number of nitrogens with one attached hydrogen (secondary N) is 1. The number of hydrogen-bond acceptors (Lipinski definition) is 10. The summed E-state index contributed by atoms with van der Waals surface area (Å²) in [5, 5.41) is 11.2. The van der Waals surface area contributed by atoms with Gasteiger partial charge in [0.1, 0.15) is 5.60 Å². The first-order valence-electron chi connectivity index (χ1n) is 13.8. The molecular weight excluding hydrogens is 562 g/mol. The minimum Gasteiger partial charge on any atom is -0.444 e. The molecule has 1 spiro atoms. The fourth-order valence-corrected chi connectivity index (χ4v) is 4.86. The quantitative estimate of drug-likeness (QED) is 0.270. The van der Waals surface area contributed by atoms with Crippen LogP contribution in [-0.2, 0) is 21.5 Å². The van der Waals surface area contributed by atoms with Crippen LogP contribution in [-0.4, -0.2) is 55.8 Å². The Bertz CT molecular complexity index is 1500. The van der Waals surface area contributed by atoms with Crippen molar-refractivity contribution in [1.29, 1.82) is 0 Å². The number of fused-ring (bicyclic) bond motifs is 2. The first-order chi connectivity index (χ1) is 20.3. The molecule has 1 fully saturated rings. The van der Waals surface area contributed by atoms with Gasteiger partial charge in [-0.25, -0.2) is 10.6 Å². The number of amides is 2. The van der Waals surface area contributed by atoms with E-state index in [2.05, 4.69) is 20.5 Å². The number of nitrogens with two attached hydrogens (primary N) is 2. The lowest BCUT2D eigenvalue weighted by atomic mass is 9.80. The second-order valence-corrected chi connectivity index (χ2v) is 11.0. The van der Waals surface area contributed by atoms with E-state index in [0.717, 1.165) is 5.56 Å². The predicted octanol–water partition coefficient (Wildman–Crippen LogP) is 4.56. The van der Waals surface area contributed by atoms with Crippen LogP contribution in [0.5, 0.6) is 0 Å². The van der Waals surface area contributed by atoms with E-state index < -0.39 is 29.4 Å². The van der Waals surface area contributed by atoms with E-state index in [0.29, 0.717) is 41.2 Å². The number of halogens is 2. The summed E-state index contributed by atoms with van der Waals surface area (Å²) in [6.45, 7) is 10.2. The van der Waals surface area contributed by atoms with Crippen molar-refractivity contribution < 1.29 is 27.5 Å². The van der Waals surface area contributed by atoms with E-state index in [1.807, 2.05) is 19.9 Å².